The van der Waals surface area contributed by atoms with Gasteiger partial charge in [-0.2, -0.15) is 9.97 Å². The van der Waals surface area contributed by atoms with Gasteiger partial charge in [-0.05, 0) is 201 Å². The number of halogens is 5. The number of fused-ring (bicyclic) bond motifs is 3. The molecule has 4 amide bonds. The van der Waals surface area contributed by atoms with Crippen molar-refractivity contribution in [3.63, 3.8) is 0 Å². The zero-order chi connectivity index (χ0) is 95.8. The first kappa shape index (κ1) is 95.5. The third-order valence-corrected chi connectivity index (χ3v) is 24.5. The second-order valence-corrected chi connectivity index (χ2v) is 35.3. The van der Waals surface area contributed by atoms with Crippen LogP contribution in [0.1, 0.15) is 158 Å². The number of aryl methyl sites for hydroxylation is 5. The highest BCUT2D eigenvalue weighted by Gasteiger charge is 2.42. The lowest BCUT2D eigenvalue weighted by molar-refractivity contribution is -0.131. The highest BCUT2D eigenvalue weighted by Crippen LogP contribution is 2.46. The van der Waals surface area contributed by atoms with Gasteiger partial charge in [-0.25, -0.2) is 56.2 Å². The van der Waals surface area contributed by atoms with Gasteiger partial charge in [0.2, 0.25) is 23.6 Å². The molecular formula is C101H109ClF4N20O6. The average molecular weight is 1810 g/mol. The molecule has 11 aromatic rings. The molecule has 8 aromatic heterocycles. The molecule has 0 aliphatic carbocycles. The molecule has 26 nitrogen and oxygen atoms in total. The fourth-order valence-electron chi connectivity index (χ4n) is 17.9. The van der Waals surface area contributed by atoms with Gasteiger partial charge in [-0.3, -0.25) is 39.0 Å². The van der Waals surface area contributed by atoms with Gasteiger partial charge in [0.15, 0.2) is 22.9 Å². The topological polar surface area (TPSA) is 274 Å². The quantitative estimate of drug-likeness (QED) is 0.0487. The van der Waals surface area contributed by atoms with E-state index in [2.05, 4.69) is 94.5 Å². The van der Waals surface area contributed by atoms with Crippen LogP contribution in [0.15, 0.2) is 174 Å². The number of nitrogens with one attached hydrogen (secondary N) is 2. The number of amidine groups is 1. The van der Waals surface area contributed by atoms with Crippen LogP contribution in [-0.4, -0.2) is 180 Å². The molecule has 4 aliphatic rings. The first-order valence-electron chi connectivity index (χ1n) is 43.9. The van der Waals surface area contributed by atoms with Gasteiger partial charge in [-0.15, -0.1) is 6.42 Å². The van der Waals surface area contributed by atoms with Crippen molar-refractivity contribution in [3.05, 3.63) is 260 Å². The normalized spacial score (nSPS) is 17.3. The molecule has 3 aromatic carbocycles. The van der Waals surface area contributed by atoms with Crippen LogP contribution in [0.3, 0.4) is 0 Å². The Hall–Kier alpha value is -14.1. The van der Waals surface area contributed by atoms with Crippen molar-refractivity contribution in [1.82, 2.24) is 68.6 Å². The number of benzene rings is 3. The molecule has 0 radical (unpaired) electrons. The van der Waals surface area contributed by atoms with Crippen molar-refractivity contribution in [2.45, 2.75) is 179 Å². The molecule has 2 N–H and O–H groups in total. The molecule has 6 unspecified atom stereocenters. The van der Waals surface area contributed by atoms with Crippen LogP contribution in [0, 0.1) is 70.2 Å². The van der Waals surface area contributed by atoms with Gasteiger partial charge >= 0.3 is 11.4 Å². The lowest BCUT2D eigenvalue weighted by Crippen LogP contribution is -2.59. The molecular weight excluding hydrogens is 1700 g/mol. The number of piperazine rings is 3. The van der Waals surface area contributed by atoms with Crippen LogP contribution in [0.2, 0.25) is 5.02 Å². The second-order valence-electron chi connectivity index (χ2n) is 34.9. The Labute approximate surface area is 770 Å². The highest BCUT2D eigenvalue weighted by atomic mass is 35.5. The second kappa shape index (κ2) is 39.3. The van der Waals surface area contributed by atoms with Crippen molar-refractivity contribution in [1.29, 1.82) is 0 Å². The number of carbonyl (C=O) groups excluding carboxylic acids is 4. The number of nitrogens with zero attached hydrogens (tertiary/aromatic N) is 18. The van der Waals surface area contributed by atoms with Crippen LogP contribution < -0.4 is 36.7 Å². The number of hydrogen-bond acceptors (Lipinski definition) is 20. The lowest BCUT2D eigenvalue weighted by atomic mass is 9.97. The van der Waals surface area contributed by atoms with E-state index in [1.165, 1.54) is 70.7 Å². The van der Waals surface area contributed by atoms with E-state index in [9.17, 15) is 28.8 Å². The van der Waals surface area contributed by atoms with Gasteiger partial charge in [0.25, 0.3) is 0 Å². The Bertz CT molecular complexity index is 6700. The first-order valence-corrected chi connectivity index (χ1v) is 44.2. The Kier molecular flexibility index (Phi) is 28.4. The van der Waals surface area contributed by atoms with E-state index < -0.39 is 34.7 Å². The Morgan fingerprint density at radius 3 is 1.52 bits per heavy atom. The molecule has 0 spiro atoms. The van der Waals surface area contributed by atoms with Crippen LogP contribution in [-0.2, 0) is 19.2 Å². The van der Waals surface area contributed by atoms with Gasteiger partial charge < -0.3 is 40.0 Å². The number of terminal acetylenes is 1. The molecule has 6 atom stereocenters. The molecule has 684 valence electrons. The maximum Gasteiger partial charge on any atom is 0.355 e. The predicted octanol–water partition coefficient (Wildman–Crippen LogP) is 17.7. The van der Waals surface area contributed by atoms with Crippen LogP contribution >= 0.6 is 11.6 Å². The number of anilines is 6. The minimum absolute atomic E-state index is 0.0170. The monoisotopic (exact) mass is 1810 g/mol. The number of aliphatic imine (C=N–C) groups is 1. The summed E-state index contributed by atoms with van der Waals surface area (Å²) in [4.78, 5) is 134. The molecule has 12 heterocycles. The largest absolute Gasteiger partial charge is 0.374 e. The Morgan fingerprint density at radius 2 is 1.01 bits per heavy atom. The number of aromatic nitrogens is 10. The van der Waals surface area contributed by atoms with Crippen molar-refractivity contribution < 1.29 is 36.7 Å². The number of rotatable bonds is 17. The Balaban J connectivity index is 0.000000168. The lowest BCUT2D eigenvalue weighted by Gasteiger charge is -2.46. The molecule has 31 heteroatoms. The molecule has 4 aliphatic heterocycles. The van der Waals surface area contributed by atoms with Crippen molar-refractivity contribution in [2.24, 2.45) is 4.99 Å². The molecule has 132 heavy (non-hydrogen) atoms. The fourth-order valence-corrected chi connectivity index (χ4v) is 18.1. The number of para-hydroxylation sites is 1. The molecule has 3 saturated heterocycles. The summed E-state index contributed by atoms with van der Waals surface area (Å²) in [5.41, 5.74) is 9.61. The molecule has 0 saturated carbocycles. The summed E-state index contributed by atoms with van der Waals surface area (Å²) in [7, 11) is 0. The number of hydrogen-bond donors (Lipinski definition) is 2. The van der Waals surface area contributed by atoms with Gasteiger partial charge in [0, 0.05) is 117 Å². The zero-order valence-electron chi connectivity index (χ0n) is 77.6. The number of carbonyl (C=O) groups is 4. The summed E-state index contributed by atoms with van der Waals surface area (Å²) in [5.74, 6) is 1.58. The summed E-state index contributed by atoms with van der Waals surface area (Å²) in [6, 6.07) is 25.0. The minimum atomic E-state index is -0.808. The smallest absolute Gasteiger partial charge is 0.355 e. The summed E-state index contributed by atoms with van der Waals surface area (Å²) in [6.45, 7) is 52.9. The summed E-state index contributed by atoms with van der Waals surface area (Å²) in [5, 5.41) is 6.40. The van der Waals surface area contributed by atoms with Gasteiger partial charge in [0.05, 0.1) is 84.7 Å². The van der Waals surface area contributed by atoms with E-state index in [4.69, 9.17) is 43.0 Å². The third kappa shape index (κ3) is 18.6. The Morgan fingerprint density at radius 1 is 0.523 bits per heavy atom. The van der Waals surface area contributed by atoms with Crippen LogP contribution in [0.5, 0.6) is 0 Å². The summed E-state index contributed by atoms with van der Waals surface area (Å²) in [6.07, 6.45) is 12.7. The predicted molar refractivity (Wildman–Crippen MR) is 515 cm³/mol. The van der Waals surface area contributed by atoms with E-state index in [-0.39, 0.29) is 145 Å². The molecule has 15 rings (SSSR count). The van der Waals surface area contributed by atoms with Crippen molar-refractivity contribution in [2.75, 3.05) is 71.1 Å². The number of amides is 4. The third-order valence-electron chi connectivity index (χ3n) is 24.2. The first-order chi connectivity index (χ1) is 62.7. The maximum atomic E-state index is 16.2. The summed E-state index contributed by atoms with van der Waals surface area (Å²) < 4.78 is 64.6. The van der Waals surface area contributed by atoms with Crippen LogP contribution in [0.4, 0.5) is 52.1 Å². The van der Waals surface area contributed by atoms with Gasteiger partial charge in [-0.1, -0.05) is 116 Å². The van der Waals surface area contributed by atoms with Crippen molar-refractivity contribution >= 4 is 97.6 Å². The van der Waals surface area contributed by atoms with Crippen molar-refractivity contribution in [3.8, 4) is 57.5 Å². The zero-order valence-corrected chi connectivity index (χ0v) is 78.3. The maximum absolute atomic E-state index is 16.2. The molecule has 0 bridgehead atoms. The van der Waals surface area contributed by atoms with E-state index in [1.807, 2.05) is 135 Å². The van der Waals surface area contributed by atoms with E-state index in [1.54, 1.807) is 58.6 Å². The standard InChI is InChI=1S/C34H35F2N7O2.C34H39FN6O.C33H35ClFN7O3/c1-8-14-37-26-12-10-11-24(35)28(26)30-25(36)16-23-32(42-18-21(6)41(17-22(42)7)27(44)9-2)40-34(45)43(33(23)39-30)31-20(5)13-15-38-29(31)19(3)4;1-10-30(42)39-17-23(7)40(18-22(39)6)33-28-15-20(4)31(26-13-11-12-14-29(26)35)38-34(28)41(25(9)37-33)32-24(8)36-21(5)16-27(32)19(2)3;1-8-26(44)40-15-20(6)41(16-19(40)5)31-23-14-24(34)28(22-10-9-11-25(35)29(22)37-21(7)43)38-32(23)42(33(45)39-31)30-18(4)12-13-36-27(30)17(2)3/h1,9-13,15-16,19,21-22,37H,2,14,17-18H2,3-7H3;10-16,19,22-23H,1,9,17-18H2,2-8H3;8-14,17,19-20H,1,15-16H2,2-7H3,(H,37,43). The SMILES string of the molecule is C#CCNc1cccc(F)c1-c1nc2c(cc1F)c(N1CC(C)N(C(=O)C=C)CC1C)nc(=O)n2-c1c(C)ccnc1C(C)C.C=CC(=O)N1CC(C)N(C2=NC(=C)N(c3c(C(C)C)cc(C)nc3C)c3nc(-c4ccccc4F)c(C)cc32)CC1C.C=CC(=O)N1CC(C)N(c2nc(=O)n(-c3c(C)ccnc3C(C)C)c3nc(-c4cccc(F)c4NC(C)=O)c(Cl)cc23)CC1C. The average Bonchev–Trinajstić information content (AvgIpc) is 0.739. The molecule has 3 fully saturated rings. The van der Waals surface area contributed by atoms with E-state index in [0.717, 1.165) is 50.7 Å². The highest BCUT2D eigenvalue weighted by molar-refractivity contribution is 6.34. The van der Waals surface area contributed by atoms with Gasteiger partial charge in [0.1, 0.15) is 46.4 Å². The fraction of sp³-hybridized carbons (Fsp3) is 0.337. The van der Waals surface area contributed by atoms with Crippen LogP contribution in [0.25, 0.3) is 67.2 Å². The van der Waals surface area contributed by atoms with E-state index >= 15 is 17.6 Å². The van der Waals surface area contributed by atoms with E-state index in [0.29, 0.717) is 96.1 Å². The minimum Gasteiger partial charge on any atom is -0.374 e. The number of pyridine rings is 6. The summed E-state index contributed by atoms with van der Waals surface area (Å²) >= 11 is 6.90.